The summed E-state index contributed by atoms with van der Waals surface area (Å²) in [5.74, 6) is 0.457. The fraction of sp³-hybridized carbons (Fsp3) is 0.467. The molecule has 0 atom stereocenters. The van der Waals surface area contributed by atoms with Crippen LogP contribution < -0.4 is 10.2 Å². The lowest BCUT2D eigenvalue weighted by atomic mass is 9.89. The number of carbonyl (C=O) groups excluding carboxylic acids is 1. The van der Waals surface area contributed by atoms with Gasteiger partial charge in [0.15, 0.2) is 11.5 Å². The van der Waals surface area contributed by atoms with Crippen molar-refractivity contribution in [3.05, 3.63) is 22.2 Å². The van der Waals surface area contributed by atoms with Gasteiger partial charge < -0.3 is 9.84 Å². The molecule has 0 spiro atoms. The summed E-state index contributed by atoms with van der Waals surface area (Å²) in [4.78, 5) is 11.9. The number of hydrogen-bond donors (Lipinski definition) is 2. The maximum Gasteiger partial charge on any atom is 0.243 e. The minimum Gasteiger partial charge on any atom is -0.503 e. The molecule has 0 unspecified atom stereocenters. The van der Waals surface area contributed by atoms with E-state index >= 15 is 0 Å². The number of amides is 1. The number of aromatic hydroxyl groups is 1. The minimum absolute atomic E-state index is 0.0178. The van der Waals surface area contributed by atoms with Gasteiger partial charge in [-0.1, -0.05) is 19.3 Å². The predicted molar refractivity (Wildman–Crippen MR) is 84.7 cm³/mol. The lowest BCUT2D eigenvalue weighted by Crippen LogP contribution is -2.28. The zero-order chi connectivity index (χ0) is 15.2. The molecule has 2 rings (SSSR count). The molecular weight excluding hydrogens is 336 g/mol. The van der Waals surface area contributed by atoms with Gasteiger partial charge in [-0.25, -0.2) is 5.43 Å². The number of carbonyl (C=O) groups is 1. The standard InChI is InChI=1S/C15H19BrN2O3/c1-21-13-8-10(7-12(16)14(13)19)9-17-18-15(20)11-5-3-2-4-6-11/h7-9,11,19H,2-6H2,1H3,(H,18,20). The fourth-order valence-corrected chi connectivity index (χ4v) is 2.91. The molecule has 5 nitrogen and oxygen atoms in total. The van der Waals surface area contributed by atoms with E-state index in [1.807, 2.05) is 0 Å². The first-order valence-electron chi connectivity index (χ1n) is 7.01. The molecule has 114 valence electrons. The van der Waals surface area contributed by atoms with Crippen molar-refractivity contribution in [1.29, 1.82) is 0 Å². The molecule has 1 amide bonds. The van der Waals surface area contributed by atoms with Crippen LogP contribution in [0.1, 0.15) is 37.7 Å². The van der Waals surface area contributed by atoms with E-state index in [1.165, 1.54) is 19.7 Å². The second kappa shape index (κ2) is 7.45. The van der Waals surface area contributed by atoms with Gasteiger partial charge in [0.05, 0.1) is 17.8 Å². The van der Waals surface area contributed by atoms with Crippen molar-refractivity contribution in [3.8, 4) is 11.5 Å². The van der Waals surface area contributed by atoms with Crippen LogP contribution in [0.15, 0.2) is 21.7 Å². The molecule has 1 aliphatic rings. The van der Waals surface area contributed by atoms with E-state index in [4.69, 9.17) is 4.74 Å². The number of halogens is 1. The third-order valence-corrected chi connectivity index (χ3v) is 4.24. The van der Waals surface area contributed by atoms with Crippen LogP contribution in [0.25, 0.3) is 0 Å². The molecule has 1 fully saturated rings. The molecule has 1 saturated carbocycles. The van der Waals surface area contributed by atoms with Crippen molar-refractivity contribution >= 4 is 28.1 Å². The number of hydrazone groups is 1. The summed E-state index contributed by atoms with van der Waals surface area (Å²) < 4.78 is 5.58. The normalized spacial score (nSPS) is 16.1. The third kappa shape index (κ3) is 4.20. The molecule has 1 aromatic rings. The van der Waals surface area contributed by atoms with Crippen LogP contribution in [0.2, 0.25) is 0 Å². The Bertz CT molecular complexity index is 540. The Kier molecular flexibility index (Phi) is 5.61. The van der Waals surface area contributed by atoms with Crippen LogP contribution >= 0.6 is 15.9 Å². The van der Waals surface area contributed by atoms with E-state index in [1.54, 1.807) is 12.1 Å². The molecule has 0 aliphatic heterocycles. The fourth-order valence-electron chi connectivity index (χ4n) is 2.45. The largest absolute Gasteiger partial charge is 0.503 e. The Hall–Kier alpha value is -1.56. The highest BCUT2D eigenvalue weighted by Gasteiger charge is 2.20. The van der Waals surface area contributed by atoms with Crippen molar-refractivity contribution < 1.29 is 14.6 Å². The SMILES string of the molecule is COc1cc(C=NNC(=O)C2CCCCC2)cc(Br)c1O. The zero-order valence-corrected chi connectivity index (χ0v) is 13.5. The highest BCUT2D eigenvalue weighted by atomic mass is 79.9. The maximum atomic E-state index is 11.9. The Labute approximate surface area is 132 Å². The van der Waals surface area contributed by atoms with Crippen LogP contribution in [0.4, 0.5) is 0 Å². The van der Waals surface area contributed by atoms with Gasteiger partial charge in [0.25, 0.3) is 0 Å². The molecule has 0 bridgehead atoms. The summed E-state index contributed by atoms with van der Waals surface area (Å²) in [6, 6.07) is 3.35. The van der Waals surface area contributed by atoms with Crippen molar-refractivity contribution in [2.45, 2.75) is 32.1 Å². The summed E-state index contributed by atoms with van der Waals surface area (Å²) in [6.45, 7) is 0. The molecule has 2 N–H and O–H groups in total. The minimum atomic E-state index is -0.0178. The average molecular weight is 355 g/mol. The third-order valence-electron chi connectivity index (χ3n) is 3.64. The number of benzene rings is 1. The van der Waals surface area contributed by atoms with Crippen LogP contribution in [-0.4, -0.2) is 24.3 Å². The average Bonchev–Trinajstić information content (AvgIpc) is 2.51. The summed E-state index contributed by atoms with van der Waals surface area (Å²) >= 11 is 3.24. The topological polar surface area (TPSA) is 70.9 Å². The van der Waals surface area contributed by atoms with Crippen molar-refractivity contribution in [2.24, 2.45) is 11.0 Å². The zero-order valence-electron chi connectivity index (χ0n) is 11.9. The second-order valence-corrected chi connectivity index (χ2v) is 5.98. The summed E-state index contributed by atoms with van der Waals surface area (Å²) in [6.07, 6.45) is 6.87. The number of hydrogen-bond acceptors (Lipinski definition) is 4. The molecule has 6 heteroatoms. The summed E-state index contributed by atoms with van der Waals surface area (Å²) in [7, 11) is 1.48. The van der Waals surface area contributed by atoms with Gasteiger partial charge in [0.2, 0.25) is 5.91 Å². The molecule has 0 heterocycles. The molecule has 0 aromatic heterocycles. The van der Waals surface area contributed by atoms with E-state index in [-0.39, 0.29) is 17.6 Å². The Morgan fingerprint density at radius 1 is 1.43 bits per heavy atom. The van der Waals surface area contributed by atoms with Gasteiger partial charge in [-0.05, 0) is 46.5 Å². The van der Waals surface area contributed by atoms with E-state index in [0.29, 0.717) is 10.2 Å². The second-order valence-electron chi connectivity index (χ2n) is 5.12. The van der Waals surface area contributed by atoms with Gasteiger partial charge in [0.1, 0.15) is 0 Å². The van der Waals surface area contributed by atoms with Crippen molar-refractivity contribution in [1.82, 2.24) is 5.43 Å². The van der Waals surface area contributed by atoms with Crippen LogP contribution in [0, 0.1) is 5.92 Å². The molecule has 1 aliphatic carbocycles. The number of phenolic OH excluding ortho intramolecular Hbond substituents is 1. The highest BCUT2D eigenvalue weighted by molar-refractivity contribution is 9.10. The molecule has 21 heavy (non-hydrogen) atoms. The van der Waals surface area contributed by atoms with E-state index < -0.39 is 0 Å². The first-order chi connectivity index (χ1) is 10.1. The molecular formula is C15H19BrN2O3. The van der Waals surface area contributed by atoms with Crippen molar-refractivity contribution in [2.75, 3.05) is 7.11 Å². The van der Waals surface area contributed by atoms with E-state index in [9.17, 15) is 9.90 Å². The van der Waals surface area contributed by atoms with Crippen LogP contribution in [0.3, 0.4) is 0 Å². The lowest BCUT2D eigenvalue weighted by Gasteiger charge is -2.19. The highest BCUT2D eigenvalue weighted by Crippen LogP contribution is 2.34. The van der Waals surface area contributed by atoms with E-state index in [0.717, 1.165) is 31.2 Å². The number of methoxy groups -OCH3 is 1. The number of phenols is 1. The van der Waals surface area contributed by atoms with E-state index in [2.05, 4.69) is 26.5 Å². The van der Waals surface area contributed by atoms with Crippen molar-refractivity contribution in [3.63, 3.8) is 0 Å². The van der Waals surface area contributed by atoms with Crippen LogP contribution in [0.5, 0.6) is 11.5 Å². The Balaban J connectivity index is 1.97. The quantitative estimate of drug-likeness (QED) is 0.644. The van der Waals surface area contributed by atoms with Crippen LogP contribution in [-0.2, 0) is 4.79 Å². The first kappa shape index (κ1) is 15.8. The van der Waals surface area contributed by atoms with Gasteiger partial charge >= 0.3 is 0 Å². The number of rotatable bonds is 4. The van der Waals surface area contributed by atoms with Gasteiger partial charge in [0, 0.05) is 5.92 Å². The monoisotopic (exact) mass is 354 g/mol. The molecule has 0 radical (unpaired) electrons. The van der Waals surface area contributed by atoms with Gasteiger partial charge in [-0.2, -0.15) is 5.10 Å². The number of ether oxygens (including phenoxy) is 1. The first-order valence-corrected chi connectivity index (χ1v) is 7.80. The van der Waals surface area contributed by atoms with Gasteiger partial charge in [-0.3, -0.25) is 4.79 Å². The molecule has 1 aromatic carbocycles. The predicted octanol–water partition coefficient (Wildman–Crippen LogP) is 3.19. The number of nitrogens with one attached hydrogen (secondary N) is 1. The van der Waals surface area contributed by atoms with Gasteiger partial charge in [-0.15, -0.1) is 0 Å². The number of nitrogens with zero attached hydrogens (tertiary/aromatic N) is 1. The smallest absolute Gasteiger partial charge is 0.243 e. The Morgan fingerprint density at radius 2 is 2.14 bits per heavy atom. The summed E-state index contributed by atoms with van der Waals surface area (Å²) in [5, 5.41) is 13.7. The maximum absolute atomic E-state index is 11.9. The lowest BCUT2D eigenvalue weighted by molar-refractivity contribution is -0.125. The molecule has 0 saturated heterocycles. The Morgan fingerprint density at radius 3 is 2.81 bits per heavy atom. The summed E-state index contributed by atoms with van der Waals surface area (Å²) in [5.41, 5.74) is 3.31.